The number of hydrogen-bond donors (Lipinski definition) is 1. The topological polar surface area (TPSA) is 67.5 Å². The Bertz CT molecular complexity index is 669. The Morgan fingerprint density at radius 2 is 2.29 bits per heavy atom. The Morgan fingerprint density at radius 1 is 1.41 bits per heavy atom. The molecule has 3 heterocycles. The number of carboxylic acids is 1. The maximum atomic E-state index is 10.8. The third-order valence-corrected chi connectivity index (χ3v) is 4.01. The lowest BCUT2D eigenvalue weighted by Crippen LogP contribution is -2.04. The smallest absolute Gasteiger partial charge is 0.311 e. The Hall–Kier alpha value is -1.73. The van der Waals surface area contributed by atoms with Crippen LogP contribution in [0, 0.1) is 0 Å². The number of aromatic nitrogens is 3. The van der Waals surface area contributed by atoms with Gasteiger partial charge in [0.2, 0.25) is 4.96 Å². The molecule has 0 fully saturated rings. The van der Waals surface area contributed by atoms with Gasteiger partial charge in [0.15, 0.2) is 0 Å². The highest BCUT2D eigenvalue weighted by Gasteiger charge is 2.15. The van der Waals surface area contributed by atoms with E-state index in [2.05, 4.69) is 10.2 Å². The number of rotatable bonds is 3. The average Bonchev–Trinajstić information content (AvgIpc) is 2.94. The van der Waals surface area contributed by atoms with Crippen LogP contribution in [-0.4, -0.2) is 25.7 Å². The molecule has 0 unspecified atom stereocenters. The molecular formula is C10H7N3O2S2. The largest absolute Gasteiger partial charge is 0.481 e. The number of carboxylic acid groups (broad SMARTS) is 1. The van der Waals surface area contributed by atoms with Gasteiger partial charge >= 0.3 is 5.97 Å². The molecular weight excluding hydrogens is 258 g/mol. The van der Waals surface area contributed by atoms with Gasteiger partial charge in [-0.3, -0.25) is 9.20 Å². The Balaban J connectivity index is 2.19. The van der Waals surface area contributed by atoms with Gasteiger partial charge in [-0.15, -0.1) is 32.9 Å². The molecule has 0 radical (unpaired) electrons. The van der Waals surface area contributed by atoms with Crippen LogP contribution < -0.4 is 0 Å². The van der Waals surface area contributed by atoms with E-state index < -0.39 is 5.97 Å². The van der Waals surface area contributed by atoms with E-state index in [0.29, 0.717) is 5.82 Å². The lowest BCUT2D eigenvalue weighted by atomic mass is 10.3. The molecule has 7 heteroatoms. The maximum Gasteiger partial charge on any atom is 0.311 e. The van der Waals surface area contributed by atoms with Gasteiger partial charge in [-0.05, 0) is 11.4 Å². The minimum atomic E-state index is -0.900. The first-order chi connectivity index (χ1) is 8.25. The highest BCUT2D eigenvalue weighted by Crippen LogP contribution is 2.29. The van der Waals surface area contributed by atoms with Gasteiger partial charge in [0.25, 0.3) is 0 Å². The van der Waals surface area contributed by atoms with Crippen molar-refractivity contribution in [2.45, 2.75) is 6.42 Å². The first-order valence-electron chi connectivity index (χ1n) is 4.83. The fraction of sp³-hybridized carbons (Fsp3) is 0.100. The molecule has 0 atom stereocenters. The second-order valence-corrected chi connectivity index (χ2v) is 5.19. The SMILES string of the molecule is O=C(O)Cc1nnc2scc(-c3cccs3)n12. The van der Waals surface area contributed by atoms with Crippen LogP contribution >= 0.6 is 22.7 Å². The van der Waals surface area contributed by atoms with Gasteiger partial charge in [-0.2, -0.15) is 0 Å². The predicted octanol–water partition coefficient (Wildman–Crippen LogP) is 2.15. The normalized spacial score (nSPS) is 11.1. The van der Waals surface area contributed by atoms with Crippen LogP contribution in [0.15, 0.2) is 22.9 Å². The average molecular weight is 265 g/mol. The van der Waals surface area contributed by atoms with Gasteiger partial charge in [0.05, 0.1) is 10.6 Å². The van der Waals surface area contributed by atoms with Crippen molar-refractivity contribution in [1.82, 2.24) is 14.6 Å². The standard InChI is InChI=1S/C10H7N3O2S2/c14-9(15)4-8-11-12-10-13(8)6(5-17-10)7-2-1-3-16-7/h1-3,5H,4H2,(H,14,15). The molecule has 17 heavy (non-hydrogen) atoms. The molecule has 0 aliphatic heterocycles. The number of nitrogens with zero attached hydrogens (tertiary/aromatic N) is 3. The van der Waals surface area contributed by atoms with Gasteiger partial charge in [0, 0.05) is 5.38 Å². The first kappa shape index (κ1) is 10.4. The van der Waals surface area contributed by atoms with Crippen LogP contribution in [0.25, 0.3) is 15.5 Å². The molecule has 0 saturated heterocycles. The number of hydrogen-bond acceptors (Lipinski definition) is 5. The van der Waals surface area contributed by atoms with Gasteiger partial charge in [-0.25, -0.2) is 0 Å². The number of thiazole rings is 1. The van der Waals surface area contributed by atoms with Crippen molar-refractivity contribution >= 4 is 33.6 Å². The Morgan fingerprint density at radius 3 is 3.00 bits per heavy atom. The quantitative estimate of drug-likeness (QED) is 0.788. The van der Waals surface area contributed by atoms with Crippen LogP contribution in [0.2, 0.25) is 0 Å². The zero-order chi connectivity index (χ0) is 11.8. The summed E-state index contributed by atoms with van der Waals surface area (Å²) in [5.41, 5.74) is 0.959. The van der Waals surface area contributed by atoms with E-state index in [4.69, 9.17) is 5.11 Å². The van der Waals surface area contributed by atoms with Gasteiger partial charge < -0.3 is 5.11 Å². The molecule has 0 spiro atoms. The fourth-order valence-corrected chi connectivity index (χ4v) is 3.28. The van der Waals surface area contributed by atoms with E-state index in [-0.39, 0.29) is 6.42 Å². The monoisotopic (exact) mass is 265 g/mol. The van der Waals surface area contributed by atoms with E-state index in [1.54, 1.807) is 11.3 Å². The van der Waals surface area contributed by atoms with Gasteiger partial charge in [-0.1, -0.05) is 6.07 Å². The summed E-state index contributed by atoms with van der Waals surface area (Å²) in [5.74, 6) is -0.431. The highest BCUT2D eigenvalue weighted by atomic mass is 32.1. The van der Waals surface area contributed by atoms with Crippen molar-refractivity contribution in [3.8, 4) is 10.6 Å². The molecule has 3 aromatic rings. The summed E-state index contributed by atoms with van der Waals surface area (Å²) in [5, 5.41) is 20.7. The van der Waals surface area contributed by atoms with Crippen molar-refractivity contribution in [2.24, 2.45) is 0 Å². The fourth-order valence-electron chi connectivity index (χ4n) is 1.62. The van der Waals surface area contributed by atoms with E-state index >= 15 is 0 Å². The minimum absolute atomic E-state index is 0.115. The van der Waals surface area contributed by atoms with Crippen LogP contribution in [-0.2, 0) is 11.2 Å². The molecule has 0 bridgehead atoms. The number of fused-ring (bicyclic) bond motifs is 1. The first-order valence-corrected chi connectivity index (χ1v) is 6.59. The molecule has 86 valence electrons. The summed E-state index contributed by atoms with van der Waals surface area (Å²) < 4.78 is 1.81. The van der Waals surface area contributed by atoms with Crippen molar-refractivity contribution in [1.29, 1.82) is 0 Å². The molecule has 1 N–H and O–H groups in total. The second-order valence-electron chi connectivity index (χ2n) is 3.40. The van der Waals surface area contributed by atoms with E-state index in [0.717, 1.165) is 15.5 Å². The molecule has 5 nitrogen and oxygen atoms in total. The zero-order valence-electron chi connectivity index (χ0n) is 8.53. The highest BCUT2D eigenvalue weighted by molar-refractivity contribution is 7.16. The summed E-state index contributed by atoms with van der Waals surface area (Å²) in [6, 6.07) is 3.96. The number of aliphatic carboxylic acids is 1. The van der Waals surface area contributed by atoms with Gasteiger partial charge in [0.1, 0.15) is 12.2 Å². The Labute approximate surface area is 104 Å². The van der Waals surface area contributed by atoms with E-state index in [1.165, 1.54) is 11.3 Å². The third kappa shape index (κ3) is 1.73. The van der Waals surface area contributed by atoms with Crippen molar-refractivity contribution < 1.29 is 9.90 Å². The molecule has 0 aromatic carbocycles. The summed E-state index contributed by atoms with van der Waals surface area (Å²) >= 11 is 3.07. The molecule has 0 saturated carbocycles. The zero-order valence-corrected chi connectivity index (χ0v) is 10.2. The molecule has 3 aromatic heterocycles. The summed E-state index contributed by atoms with van der Waals surface area (Å²) in [4.78, 5) is 12.6. The van der Waals surface area contributed by atoms with Crippen molar-refractivity contribution in [3.05, 3.63) is 28.7 Å². The van der Waals surface area contributed by atoms with E-state index in [9.17, 15) is 4.79 Å². The number of thiophene rings is 1. The minimum Gasteiger partial charge on any atom is -0.481 e. The van der Waals surface area contributed by atoms with Crippen LogP contribution in [0.1, 0.15) is 5.82 Å². The summed E-state index contributed by atoms with van der Waals surface area (Å²) in [6.45, 7) is 0. The molecule has 0 amide bonds. The third-order valence-electron chi connectivity index (χ3n) is 2.30. The van der Waals surface area contributed by atoms with E-state index in [1.807, 2.05) is 27.3 Å². The molecule has 0 aliphatic rings. The van der Waals surface area contributed by atoms with Crippen LogP contribution in [0.5, 0.6) is 0 Å². The van der Waals surface area contributed by atoms with Crippen molar-refractivity contribution in [2.75, 3.05) is 0 Å². The second kappa shape index (κ2) is 3.94. The van der Waals surface area contributed by atoms with Crippen LogP contribution in [0.4, 0.5) is 0 Å². The maximum absolute atomic E-state index is 10.8. The number of carbonyl (C=O) groups is 1. The Kier molecular flexibility index (Phi) is 2.41. The van der Waals surface area contributed by atoms with Crippen molar-refractivity contribution in [3.63, 3.8) is 0 Å². The lowest BCUT2D eigenvalue weighted by molar-refractivity contribution is -0.136. The predicted molar refractivity (Wildman–Crippen MR) is 65.5 cm³/mol. The lowest BCUT2D eigenvalue weighted by Gasteiger charge is -1.97. The summed E-state index contributed by atoms with van der Waals surface area (Å²) in [6.07, 6.45) is -0.115. The van der Waals surface area contributed by atoms with Crippen LogP contribution in [0.3, 0.4) is 0 Å². The molecule has 3 rings (SSSR count). The molecule has 0 aliphatic carbocycles. The summed E-state index contributed by atoms with van der Waals surface area (Å²) in [7, 11) is 0.